The Morgan fingerprint density at radius 2 is 2.05 bits per heavy atom. The molecule has 2 nitrogen and oxygen atoms in total. The molecule has 1 aliphatic carbocycles. The van der Waals surface area contributed by atoms with Crippen LogP contribution in [0, 0.1) is 25.7 Å². The summed E-state index contributed by atoms with van der Waals surface area (Å²) in [4.78, 5) is 0. The molecule has 0 radical (unpaired) electrons. The summed E-state index contributed by atoms with van der Waals surface area (Å²) in [5.74, 6) is 2.36. The Balaban J connectivity index is 2.12. The lowest BCUT2D eigenvalue weighted by atomic mass is 9.78. The Morgan fingerprint density at radius 1 is 1.26 bits per heavy atom. The predicted molar refractivity (Wildman–Crippen MR) is 80.5 cm³/mol. The zero-order chi connectivity index (χ0) is 13.8. The number of rotatable bonds is 4. The highest BCUT2D eigenvalue weighted by Gasteiger charge is 2.30. The topological polar surface area (TPSA) is 35.2 Å². The third-order valence-electron chi connectivity index (χ3n) is 4.75. The molecule has 2 N–H and O–H groups in total. The van der Waals surface area contributed by atoms with E-state index in [4.69, 9.17) is 10.5 Å². The van der Waals surface area contributed by atoms with Gasteiger partial charge >= 0.3 is 0 Å². The summed E-state index contributed by atoms with van der Waals surface area (Å²) in [5, 5.41) is 0. The molecule has 106 valence electrons. The normalized spacial score (nSPS) is 27.3. The molecule has 1 saturated carbocycles. The number of aryl methyl sites for hydroxylation is 1. The first-order valence-corrected chi connectivity index (χ1v) is 7.58. The van der Waals surface area contributed by atoms with E-state index >= 15 is 0 Å². The van der Waals surface area contributed by atoms with Crippen molar-refractivity contribution in [2.45, 2.75) is 52.6 Å². The van der Waals surface area contributed by atoms with Crippen LogP contribution in [0.1, 0.15) is 43.7 Å². The molecule has 0 spiro atoms. The van der Waals surface area contributed by atoms with Crippen LogP contribution in [-0.4, -0.2) is 12.6 Å². The van der Waals surface area contributed by atoms with E-state index in [1.165, 1.54) is 30.4 Å². The Hall–Kier alpha value is -1.02. The molecule has 0 amide bonds. The molecule has 1 aromatic rings. The fourth-order valence-corrected chi connectivity index (χ4v) is 3.07. The van der Waals surface area contributed by atoms with Crippen LogP contribution in [0.5, 0.6) is 5.75 Å². The minimum atomic E-state index is 0.296. The van der Waals surface area contributed by atoms with Gasteiger partial charge in [0.1, 0.15) is 11.9 Å². The highest BCUT2D eigenvalue weighted by Crippen LogP contribution is 2.34. The SMILES string of the molecule is CCC1CCC(CN)C(Oc2cccc(C)c2C)C1. The average molecular weight is 261 g/mol. The maximum atomic E-state index is 6.32. The Labute approximate surface area is 117 Å². The van der Waals surface area contributed by atoms with Crippen molar-refractivity contribution in [3.8, 4) is 5.75 Å². The van der Waals surface area contributed by atoms with E-state index in [9.17, 15) is 0 Å². The summed E-state index contributed by atoms with van der Waals surface area (Å²) < 4.78 is 6.32. The van der Waals surface area contributed by atoms with Crippen LogP contribution in [0.25, 0.3) is 0 Å². The van der Waals surface area contributed by atoms with Crippen molar-refractivity contribution in [1.29, 1.82) is 0 Å². The molecule has 1 fully saturated rings. The second-order valence-electron chi connectivity index (χ2n) is 5.94. The molecular formula is C17H27NO. The first kappa shape index (κ1) is 14.4. The van der Waals surface area contributed by atoms with Gasteiger partial charge < -0.3 is 10.5 Å². The van der Waals surface area contributed by atoms with E-state index in [0.29, 0.717) is 12.0 Å². The third kappa shape index (κ3) is 3.30. The lowest BCUT2D eigenvalue weighted by Gasteiger charge is -2.35. The highest BCUT2D eigenvalue weighted by atomic mass is 16.5. The van der Waals surface area contributed by atoms with Gasteiger partial charge in [0.25, 0.3) is 0 Å². The second kappa shape index (κ2) is 6.42. The van der Waals surface area contributed by atoms with Gasteiger partial charge in [0.05, 0.1) is 0 Å². The van der Waals surface area contributed by atoms with Gasteiger partial charge in [0, 0.05) is 5.92 Å². The van der Waals surface area contributed by atoms with Crippen molar-refractivity contribution < 1.29 is 4.74 Å². The molecule has 0 bridgehead atoms. The Bertz CT molecular complexity index is 416. The Morgan fingerprint density at radius 3 is 2.74 bits per heavy atom. The van der Waals surface area contributed by atoms with Gasteiger partial charge in [0.2, 0.25) is 0 Å². The van der Waals surface area contributed by atoms with Gasteiger partial charge in [-0.25, -0.2) is 0 Å². The van der Waals surface area contributed by atoms with E-state index in [1.807, 2.05) is 0 Å². The van der Waals surface area contributed by atoms with Crippen LogP contribution >= 0.6 is 0 Å². The predicted octanol–water partition coefficient (Wildman–Crippen LogP) is 3.84. The van der Waals surface area contributed by atoms with Crippen molar-refractivity contribution in [2.75, 3.05) is 6.54 Å². The van der Waals surface area contributed by atoms with E-state index in [0.717, 1.165) is 24.6 Å². The summed E-state index contributed by atoms with van der Waals surface area (Å²) in [7, 11) is 0. The van der Waals surface area contributed by atoms with E-state index in [-0.39, 0.29) is 0 Å². The van der Waals surface area contributed by atoms with Gasteiger partial charge in [0.15, 0.2) is 0 Å². The van der Waals surface area contributed by atoms with E-state index in [2.05, 4.69) is 39.0 Å². The molecular weight excluding hydrogens is 234 g/mol. The average Bonchev–Trinajstić information content (AvgIpc) is 2.43. The minimum absolute atomic E-state index is 0.296. The maximum absolute atomic E-state index is 6.32. The summed E-state index contributed by atoms with van der Waals surface area (Å²) >= 11 is 0. The molecule has 0 aromatic heterocycles. The van der Waals surface area contributed by atoms with Crippen LogP contribution in [0.4, 0.5) is 0 Å². The minimum Gasteiger partial charge on any atom is -0.490 e. The molecule has 1 aliphatic rings. The maximum Gasteiger partial charge on any atom is 0.122 e. The summed E-state index contributed by atoms with van der Waals surface area (Å²) in [6.07, 6.45) is 5.23. The number of benzene rings is 1. The van der Waals surface area contributed by atoms with Gasteiger partial charge in [-0.15, -0.1) is 0 Å². The van der Waals surface area contributed by atoms with Gasteiger partial charge in [-0.1, -0.05) is 25.5 Å². The zero-order valence-corrected chi connectivity index (χ0v) is 12.5. The van der Waals surface area contributed by atoms with Gasteiger partial charge in [-0.05, 0) is 62.8 Å². The monoisotopic (exact) mass is 261 g/mol. The molecule has 2 rings (SSSR count). The second-order valence-corrected chi connectivity index (χ2v) is 5.94. The molecule has 0 saturated heterocycles. The molecule has 1 aromatic carbocycles. The van der Waals surface area contributed by atoms with E-state index in [1.54, 1.807) is 0 Å². The summed E-state index contributed by atoms with van der Waals surface area (Å²) in [6, 6.07) is 6.30. The first-order valence-electron chi connectivity index (χ1n) is 7.58. The standard InChI is InChI=1S/C17H27NO/c1-4-14-8-9-15(11-18)17(10-14)19-16-7-5-6-12(2)13(16)3/h5-7,14-15,17H,4,8-11,18H2,1-3H3. The number of ether oxygens (including phenoxy) is 1. The quantitative estimate of drug-likeness (QED) is 0.894. The van der Waals surface area contributed by atoms with Crippen LogP contribution in [-0.2, 0) is 0 Å². The van der Waals surface area contributed by atoms with Crippen LogP contribution in [0.15, 0.2) is 18.2 Å². The fraction of sp³-hybridized carbons (Fsp3) is 0.647. The number of nitrogens with two attached hydrogens (primary N) is 1. The van der Waals surface area contributed by atoms with E-state index < -0.39 is 0 Å². The zero-order valence-electron chi connectivity index (χ0n) is 12.5. The van der Waals surface area contributed by atoms with Crippen molar-refractivity contribution >= 4 is 0 Å². The van der Waals surface area contributed by atoms with Crippen molar-refractivity contribution in [3.63, 3.8) is 0 Å². The molecule has 0 heterocycles. The number of hydrogen-bond donors (Lipinski definition) is 1. The first-order chi connectivity index (χ1) is 9.15. The molecule has 0 aliphatic heterocycles. The lowest BCUT2D eigenvalue weighted by Crippen LogP contribution is -2.38. The van der Waals surface area contributed by atoms with Crippen molar-refractivity contribution in [1.82, 2.24) is 0 Å². The molecule has 3 unspecified atom stereocenters. The third-order valence-corrected chi connectivity index (χ3v) is 4.75. The molecule has 3 atom stereocenters. The fourth-order valence-electron chi connectivity index (χ4n) is 3.07. The van der Waals surface area contributed by atoms with Gasteiger partial charge in [-0.3, -0.25) is 0 Å². The van der Waals surface area contributed by atoms with Crippen LogP contribution < -0.4 is 10.5 Å². The lowest BCUT2D eigenvalue weighted by molar-refractivity contribution is 0.0678. The number of hydrogen-bond acceptors (Lipinski definition) is 2. The molecule has 2 heteroatoms. The van der Waals surface area contributed by atoms with Gasteiger partial charge in [-0.2, -0.15) is 0 Å². The summed E-state index contributed by atoms with van der Waals surface area (Å²) in [5.41, 5.74) is 8.48. The molecule has 19 heavy (non-hydrogen) atoms. The largest absolute Gasteiger partial charge is 0.490 e. The summed E-state index contributed by atoms with van der Waals surface area (Å²) in [6.45, 7) is 7.30. The van der Waals surface area contributed by atoms with Crippen molar-refractivity contribution in [3.05, 3.63) is 29.3 Å². The smallest absolute Gasteiger partial charge is 0.122 e. The van der Waals surface area contributed by atoms with Crippen LogP contribution in [0.2, 0.25) is 0 Å². The Kier molecular flexibility index (Phi) is 4.87. The highest BCUT2D eigenvalue weighted by molar-refractivity contribution is 5.38. The van der Waals surface area contributed by atoms with Crippen LogP contribution in [0.3, 0.4) is 0 Å². The van der Waals surface area contributed by atoms with Crippen molar-refractivity contribution in [2.24, 2.45) is 17.6 Å².